The van der Waals surface area contributed by atoms with Crippen molar-refractivity contribution in [2.24, 2.45) is 5.73 Å². The molecule has 2 aromatic carbocycles. The Morgan fingerprint density at radius 3 is 2.26 bits per heavy atom. The number of benzene rings is 2. The third-order valence-electron chi connectivity index (χ3n) is 6.27. The minimum Gasteiger partial charge on any atom is -0.459 e. The number of urea groups is 1. The monoisotopic (exact) mass is 519 g/mol. The summed E-state index contributed by atoms with van der Waals surface area (Å²) in [6.07, 6.45) is -0.372. The lowest BCUT2D eigenvalue weighted by Crippen LogP contribution is -2.55. The van der Waals surface area contributed by atoms with E-state index in [1.807, 2.05) is 15.9 Å². The topological polar surface area (TPSA) is 108 Å². The predicted molar refractivity (Wildman–Crippen MR) is 135 cm³/mol. The first kappa shape index (κ1) is 25.1. The smallest absolute Gasteiger partial charge is 0.316 e. The highest BCUT2D eigenvalue weighted by atomic mass is 35.5. The number of ether oxygens (including phenoxy) is 1. The largest absolute Gasteiger partial charge is 0.459 e. The molecule has 4 rings (SSSR count). The number of nitrogens with two attached hydrogens (primary N) is 1. The van der Waals surface area contributed by atoms with Gasteiger partial charge in [0.05, 0.1) is 24.0 Å². The summed E-state index contributed by atoms with van der Waals surface area (Å²) in [4.78, 5) is 42.3. The second-order valence-corrected chi connectivity index (χ2v) is 9.48. The Kier molecular flexibility index (Phi) is 7.69. The van der Waals surface area contributed by atoms with Gasteiger partial charge in [0.1, 0.15) is 6.10 Å². The number of hydrogen-bond donors (Lipinski definition) is 2. The number of piperazine rings is 1. The lowest BCUT2D eigenvalue weighted by atomic mass is 10.1. The zero-order valence-corrected chi connectivity index (χ0v) is 20.8. The van der Waals surface area contributed by atoms with E-state index in [1.54, 1.807) is 36.4 Å². The second-order valence-electron chi connectivity index (χ2n) is 8.61. The van der Waals surface area contributed by atoms with Crippen molar-refractivity contribution >= 4 is 52.5 Å². The first-order valence-corrected chi connectivity index (χ1v) is 12.0. The molecule has 2 atom stereocenters. The van der Waals surface area contributed by atoms with E-state index in [0.717, 1.165) is 5.69 Å². The molecule has 2 fully saturated rings. The zero-order chi connectivity index (χ0) is 25.1. The summed E-state index contributed by atoms with van der Waals surface area (Å²) >= 11 is 12.1. The number of primary amides is 1. The van der Waals surface area contributed by atoms with Gasteiger partial charge in [-0.25, -0.2) is 4.79 Å². The number of carbonyl (C=O) groups is 3. The van der Waals surface area contributed by atoms with Crippen molar-refractivity contribution in [3.63, 3.8) is 0 Å². The van der Waals surface area contributed by atoms with Crippen molar-refractivity contribution in [3.05, 3.63) is 58.1 Å². The molecule has 0 bridgehead atoms. The van der Waals surface area contributed by atoms with E-state index < -0.39 is 6.03 Å². The average molecular weight is 520 g/mol. The molecule has 2 aliphatic heterocycles. The van der Waals surface area contributed by atoms with Crippen LogP contribution in [-0.4, -0.2) is 79.1 Å². The van der Waals surface area contributed by atoms with Crippen LogP contribution in [0.25, 0.3) is 0 Å². The number of hydrogen-bond acceptors (Lipinski definition) is 6. The van der Waals surface area contributed by atoms with E-state index in [0.29, 0.717) is 60.6 Å². The van der Waals surface area contributed by atoms with Crippen LogP contribution < -0.4 is 16.0 Å². The molecule has 11 heteroatoms. The van der Waals surface area contributed by atoms with Gasteiger partial charge in [0.15, 0.2) is 0 Å². The van der Waals surface area contributed by atoms with Crippen LogP contribution in [0.2, 0.25) is 10.0 Å². The molecule has 0 saturated carbocycles. The van der Waals surface area contributed by atoms with Crippen LogP contribution in [0.4, 0.5) is 16.2 Å². The van der Waals surface area contributed by atoms with Gasteiger partial charge in [-0.05, 0) is 42.5 Å². The van der Waals surface area contributed by atoms with Crippen LogP contribution in [0.3, 0.4) is 0 Å². The van der Waals surface area contributed by atoms with Crippen molar-refractivity contribution in [2.75, 3.05) is 49.5 Å². The van der Waals surface area contributed by atoms with E-state index in [4.69, 9.17) is 33.7 Å². The molecule has 0 aliphatic carbocycles. The molecule has 3 amide bonds. The molecule has 0 aromatic heterocycles. The normalized spacial score (nSPS) is 20.5. The highest BCUT2D eigenvalue weighted by molar-refractivity contribution is 6.31. The fourth-order valence-corrected chi connectivity index (χ4v) is 4.98. The Morgan fingerprint density at radius 2 is 1.63 bits per heavy atom. The fourth-order valence-electron chi connectivity index (χ4n) is 4.68. The first-order chi connectivity index (χ1) is 16.7. The van der Waals surface area contributed by atoms with Crippen LogP contribution in [0, 0.1) is 0 Å². The molecule has 0 spiro atoms. The molecule has 3 N–H and O–H groups in total. The highest BCUT2D eigenvalue weighted by Crippen LogP contribution is 2.33. The van der Waals surface area contributed by atoms with Crippen molar-refractivity contribution in [2.45, 2.75) is 19.1 Å². The summed E-state index contributed by atoms with van der Waals surface area (Å²) in [5.74, 6) is -0.390. The van der Waals surface area contributed by atoms with Gasteiger partial charge < -0.3 is 25.6 Å². The van der Waals surface area contributed by atoms with Gasteiger partial charge >= 0.3 is 12.0 Å². The van der Waals surface area contributed by atoms with Crippen molar-refractivity contribution in [1.29, 1.82) is 0 Å². The van der Waals surface area contributed by atoms with Gasteiger partial charge in [-0.15, -0.1) is 0 Å². The van der Waals surface area contributed by atoms with Gasteiger partial charge in [0.25, 0.3) is 5.91 Å². The Labute approximate surface area is 213 Å². The maximum absolute atomic E-state index is 12.9. The molecule has 2 heterocycles. The van der Waals surface area contributed by atoms with Crippen molar-refractivity contribution in [3.8, 4) is 0 Å². The van der Waals surface area contributed by atoms with Gasteiger partial charge in [0.2, 0.25) is 0 Å². The van der Waals surface area contributed by atoms with E-state index in [1.165, 1.54) is 6.92 Å². The molecular weight excluding hydrogens is 493 g/mol. The number of carbonyl (C=O) groups excluding carboxylic acids is 3. The van der Waals surface area contributed by atoms with E-state index in [2.05, 4.69) is 10.2 Å². The van der Waals surface area contributed by atoms with Gasteiger partial charge in [-0.1, -0.05) is 23.2 Å². The summed E-state index contributed by atoms with van der Waals surface area (Å²) < 4.78 is 5.67. The van der Waals surface area contributed by atoms with Crippen LogP contribution in [0.15, 0.2) is 42.5 Å². The van der Waals surface area contributed by atoms with Gasteiger partial charge in [-0.3, -0.25) is 14.5 Å². The summed E-state index contributed by atoms with van der Waals surface area (Å²) in [6.45, 7) is 4.80. The third-order valence-corrected chi connectivity index (χ3v) is 6.76. The zero-order valence-electron chi connectivity index (χ0n) is 19.2. The number of anilines is 2. The molecule has 2 aromatic rings. The maximum Gasteiger partial charge on any atom is 0.316 e. The molecular formula is C24H27Cl2N5O4. The molecule has 0 radical (unpaired) electrons. The molecule has 2 aliphatic rings. The predicted octanol–water partition coefficient (Wildman–Crippen LogP) is 3.06. The summed E-state index contributed by atoms with van der Waals surface area (Å²) in [7, 11) is 0. The molecule has 35 heavy (non-hydrogen) atoms. The Morgan fingerprint density at radius 1 is 0.971 bits per heavy atom. The Hall–Kier alpha value is -3.01. The lowest BCUT2D eigenvalue weighted by Gasteiger charge is -2.39. The Bertz CT molecular complexity index is 1110. The Balaban J connectivity index is 1.47. The van der Waals surface area contributed by atoms with Gasteiger partial charge in [0, 0.05) is 55.3 Å². The second kappa shape index (κ2) is 10.7. The number of esters is 1. The third kappa shape index (κ3) is 5.98. The van der Waals surface area contributed by atoms with Crippen LogP contribution >= 0.6 is 23.2 Å². The molecule has 2 saturated heterocycles. The van der Waals surface area contributed by atoms with Crippen LogP contribution in [-0.2, 0) is 9.53 Å². The number of nitrogens with zero attached hydrogens (tertiary/aromatic N) is 3. The fraction of sp³-hybridized carbons (Fsp3) is 0.375. The molecule has 9 nitrogen and oxygen atoms in total. The summed E-state index contributed by atoms with van der Waals surface area (Å²) in [5.41, 5.74) is 7.17. The van der Waals surface area contributed by atoms with Crippen LogP contribution in [0.1, 0.15) is 17.3 Å². The standard InChI is InChI=1S/C24H27Cl2N5O4/c1-15(32)35-22-14-31(20-7-6-18(26)12-19(20)28-24(27)34)13-21(22)29-8-10-30(11-9-29)23(33)16-2-4-17(25)5-3-16/h2-7,12,21-22H,8-11,13-14H2,1H3,(H3,27,28,34)/t21-,22-/m1/s1. The van der Waals surface area contributed by atoms with Crippen molar-refractivity contribution in [1.82, 2.24) is 9.80 Å². The number of rotatable bonds is 5. The van der Waals surface area contributed by atoms with E-state index in [-0.39, 0.29) is 24.0 Å². The minimum absolute atomic E-state index is 0.0331. The van der Waals surface area contributed by atoms with E-state index >= 15 is 0 Å². The van der Waals surface area contributed by atoms with Crippen LogP contribution in [0.5, 0.6) is 0 Å². The number of nitrogens with one attached hydrogen (secondary N) is 1. The van der Waals surface area contributed by atoms with Gasteiger partial charge in [-0.2, -0.15) is 0 Å². The summed E-state index contributed by atoms with van der Waals surface area (Å²) in [5, 5.41) is 3.67. The molecule has 0 unspecified atom stereocenters. The van der Waals surface area contributed by atoms with Crippen molar-refractivity contribution < 1.29 is 19.1 Å². The SMILES string of the molecule is CC(=O)O[C@@H]1CN(c2ccc(Cl)cc2NC(N)=O)C[C@H]1N1CCN(C(=O)c2ccc(Cl)cc2)CC1. The average Bonchev–Trinajstić information content (AvgIpc) is 3.21. The maximum atomic E-state index is 12.9. The summed E-state index contributed by atoms with van der Waals surface area (Å²) in [6, 6.07) is 11.3. The minimum atomic E-state index is -0.692. The highest BCUT2D eigenvalue weighted by Gasteiger charge is 2.41. The lowest BCUT2D eigenvalue weighted by molar-refractivity contribution is -0.148. The molecule has 186 valence electrons. The first-order valence-electron chi connectivity index (χ1n) is 11.3. The van der Waals surface area contributed by atoms with E-state index in [9.17, 15) is 14.4 Å². The number of halogens is 2. The quantitative estimate of drug-likeness (QED) is 0.587. The number of amides is 3.